The molecule has 1 aromatic rings. The van der Waals surface area contributed by atoms with E-state index in [9.17, 15) is 40.9 Å². The van der Waals surface area contributed by atoms with Gasteiger partial charge in [-0.2, -0.15) is 0 Å². The Hall–Kier alpha value is -2.00. The maximum Gasteiger partial charge on any atom is 0.0717 e. The number of hydrogen-bond acceptors (Lipinski definition) is 11. The molecule has 1 aromatic carbocycles. The Labute approximate surface area is 668 Å². The Morgan fingerprint density at radius 1 is 0.355 bits per heavy atom. The molecular formula is C99H160O11. The van der Waals surface area contributed by atoms with E-state index in [2.05, 4.69) is 140 Å². The SMILES string of the molecule is C=C(C)[C@@H]1CC[C@]2(COC)CC[C@]3(C)C(CCC4[C@@]5(C)CC[C@H](O)[C@@](C)(CO)[C@@H]5CC[C@]43C)C12.C=C(CO)[C@@H]1CC[C@]2(COC)CC[C@]3(C)C(CCC4[C@@]5(C)CC[C@H](O)[C@@](C)(CO)[C@@H]5CC[C@]43C)C12.C=C(CO)[C@@H]1CC[C@]2(COCc3ccccc3)CC[C@]3(C)C(CCC4[C@@]5(C)CC[C@H](O)[C@@](C)(CO)[C@@H]5CC[C@]43C)C12. The van der Waals surface area contributed by atoms with Crippen molar-refractivity contribution in [1.29, 1.82) is 0 Å². The number of aliphatic hydroxyl groups excluding tert-OH is 8. The van der Waals surface area contributed by atoms with Gasteiger partial charge in [-0.25, -0.2) is 0 Å². The lowest BCUT2D eigenvalue weighted by Gasteiger charge is -2.73. The summed E-state index contributed by atoms with van der Waals surface area (Å²) in [7, 11) is 3.77. The standard InChI is InChI=1S/C37H56O4.C31H52O4.C31H52O3/c1-25(21-38)27-13-18-37(24-41-22-26-9-7-6-8-10-26)20-19-35(4)28(32(27)37)11-12-30-33(2)16-15-31(40)34(3,23-39)29(33)14-17-36(30,35)5;1-20(17-32)21-9-14-31(19-35-6)16-15-29(4)22(26(21)31)7-8-24-27(2)12-11-25(34)28(3,18-33)23(27)10-13-30(24,29)5;1-20(2)21-10-15-31(19-34-7)17-16-29(5)22(26(21)31)8-9-24-27(3)13-12-25(33)28(4,18-32)23(27)11-14-30(24,29)6/h6-10,27-32,38-40H,1,11-24H2,2-5H3;21-26,32-34H,1,7-19H2,2-6H3;21-26,32-33H,1,8-19H2,2-7H3/t27-,28?,29+,30?,31-,32?,33-,34-,35+,36+,37+;2*21-,22?,23+,24?,25-,26?,27-,28-,29+,30+,31+/m000/s1. The molecule has 15 fully saturated rings. The molecule has 622 valence electrons. The van der Waals surface area contributed by atoms with Crippen LogP contribution in [0.3, 0.4) is 0 Å². The van der Waals surface area contributed by atoms with E-state index in [-0.39, 0.29) is 98.7 Å². The summed E-state index contributed by atoms with van der Waals surface area (Å²) in [6, 6.07) is 10.6. The first-order chi connectivity index (χ1) is 51.9. The summed E-state index contributed by atoms with van der Waals surface area (Å²) >= 11 is 0. The molecule has 0 aromatic heterocycles. The van der Waals surface area contributed by atoms with Crippen molar-refractivity contribution in [3.63, 3.8) is 0 Å². The fourth-order valence-corrected chi connectivity index (χ4v) is 36.2. The first-order valence-electron chi connectivity index (χ1n) is 45.6. The summed E-state index contributed by atoms with van der Waals surface area (Å²) in [6.07, 6.45) is 34.0. The van der Waals surface area contributed by atoms with Crippen LogP contribution in [-0.4, -0.2) is 126 Å². The van der Waals surface area contributed by atoms with Crippen LogP contribution in [-0.2, 0) is 20.8 Å². The summed E-state index contributed by atoms with van der Waals surface area (Å²) in [5, 5.41) is 84.8. The van der Waals surface area contributed by atoms with Crippen LogP contribution in [0, 0.1) is 170 Å². The van der Waals surface area contributed by atoms with Gasteiger partial charge >= 0.3 is 0 Å². The minimum Gasteiger partial charge on any atom is -0.396 e. The Bertz CT molecular complexity index is 3490. The monoisotopic (exact) mass is 1530 g/mol. The Kier molecular flexibility index (Phi) is 22.8. The number of rotatable bonds is 16. The first kappa shape index (κ1) is 84.5. The van der Waals surface area contributed by atoms with Gasteiger partial charge in [0, 0.05) is 30.5 Å². The third-order valence-corrected chi connectivity index (χ3v) is 42.6. The highest BCUT2D eigenvalue weighted by Crippen LogP contribution is 2.82. The molecule has 0 radical (unpaired) electrons. The van der Waals surface area contributed by atoms with E-state index in [4.69, 9.17) is 14.2 Å². The fraction of sp³-hybridized carbons (Fsp3) is 0.879. The fourth-order valence-electron chi connectivity index (χ4n) is 36.2. The van der Waals surface area contributed by atoms with E-state index >= 15 is 0 Å². The van der Waals surface area contributed by atoms with Crippen LogP contribution in [0.25, 0.3) is 0 Å². The summed E-state index contributed by atoms with van der Waals surface area (Å²) in [4.78, 5) is 0. The van der Waals surface area contributed by atoms with E-state index in [1.165, 1.54) is 133 Å². The highest BCUT2D eigenvalue weighted by molar-refractivity contribution is 5.28. The van der Waals surface area contributed by atoms with Crippen LogP contribution >= 0.6 is 0 Å². The van der Waals surface area contributed by atoms with Gasteiger partial charge in [0.2, 0.25) is 0 Å². The summed E-state index contributed by atoms with van der Waals surface area (Å²) in [5.74, 6) is 8.28. The Morgan fingerprint density at radius 2 is 0.673 bits per heavy atom. The lowest BCUT2D eigenvalue weighted by Crippen LogP contribution is -2.67. The van der Waals surface area contributed by atoms with Crippen molar-refractivity contribution in [2.24, 2.45) is 170 Å². The minimum atomic E-state index is -0.406. The number of allylic oxidation sites excluding steroid dienone is 1. The van der Waals surface area contributed by atoms with Crippen molar-refractivity contribution in [1.82, 2.24) is 0 Å². The second kappa shape index (κ2) is 29.8. The van der Waals surface area contributed by atoms with Gasteiger partial charge in [-0.3, -0.25) is 0 Å². The van der Waals surface area contributed by atoms with Crippen LogP contribution in [0.15, 0.2) is 66.8 Å². The van der Waals surface area contributed by atoms with Gasteiger partial charge in [0.05, 0.1) is 77.8 Å². The van der Waals surface area contributed by atoms with Gasteiger partial charge in [-0.15, -0.1) is 0 Å². The summed E-state index contributed by atoms with van der Waals surface area (Å²) < 4.78 is 18.4. The molecule has 33 atom stereocenters. The third-order valence-electron chi connectivity index (χ3n) is 42.6. The molecule has 0 spiro atoms. The Morgan fingerprint density at radius 3 is 0.982 bits per heavy atom. The molecular weight excluding hydrogens is 1370 g/mol. The second-order valence-corrected chi connectivity index (χ2v) is 45.6. The molecule has 15 aliphatic carbocycles. The lowest BCUT2D eigenvalue weighted by molar-refractivity contribution is -0.256. The number of ether oxygens (including phenoxy) is 3. The van der Waals surface area contributed by atoms with E-state index < -0.39 is 17.6 Å². The number of hydrogen-bond donors (Lipinski definition) is 8. The normalized spacial score (nSPS) is 53.4. The molecule has 0 heterocycles. The van der Waals surface area contributed by atoms with E-state index in [0.717, 1.165) is 108 Å². The molecule has 0 saturated heterocycles. The van der Waals surface area contributed by atoms with Crippen LogP contribution in [0.5, 0.6) is 0 Å². The molecule has 0 amide bonds. The van der Waals surface area contributed by atoms with E-state index in [1.807, 2.05) is 14.2 Å². The van der Waals surface area contributed by atoms with Crippen molar-refractivity contribution in [3.05, 3.63) is 72.4 Å². The maximum absolute atomic E-state index is 11.1. The second-order valence-electron chi connectivity index (χ2n) is 45.6. The molecule has 0 aliphatic heterocycles. The molecule has 15 aliphatic rings. The van der Waals surface area contributed by atoms with Gasteiger partial charge in [0.15, 0.2) is 0 Å². The van der Waals surface area contributed by atoms with Gasteiger partial charge in [-0.05, 0) is 370 Å². The van der Waals surface area contributed by atoms with E-state index in [0.29, 0.717) is 106 Å². The lowest BCUT2D eigenvalue weighted by atomic mass is 9.32. The van der Waals surface area contributed by atoms with Crippen molar-refractivity contribution in [2.75, 3.05) is 67.1 Å². The number of fused-ring (bicyclic) bond motifs is 21. The zero-order valence-corrected chi connectivity index (χ0v) is 72.3. The molecule has 110 heavy (non-hydrogen) atoms. The van der Waals surface area contributed by atoms with Crippen LogP contribution in [0.4, 0.5) is 0 Å². The Balaban J connectivity index is 0.000000138. The first-order valence-corrected chi connectivity index (χ1v) is 45.6. The molecule has 8 N–H and O–H groups in total. The van der Waals surface area contributed by atoms with Crippen LogP contribution in [0.2, 0.25) is 0 Å². The average Bonchev–Trinajstić information content (AvgIpc) is 1.10. The van der Waals surface area contributed by atoms with Crippen molar-refractivity contribution in [2.45, 2.75) is 308 Å². The predicted molar refractivity (Wildman–Crippen MR) is 442 cm³/mol. The predicted octanol–water partition coefficient (Wildman–Crippen LogP) is 19.4. The molecule has 9 unspecified atom stereocenters. The van der Waals surface area contributed by atoms with Crippen LogP contribution < -0.4 is 0 Å². The van der Waals surface area contributed by atoms with Gasteiger partial charge < -0.3 is 55.1 Å². The molecule has 15 saturated carbocycles. The van der Waals surface area contributed by atoms with Crippen LogP contribution in [0.1, 0.15) is 288 Å². The highest BCUT2D eigenvalue weighted by Gasteiger charge is 2.76. The van der Waals surface area contributed by atoms with Gasteiger partial charge in [-0.1, -0.05) is 139 Å². The van der Waals surface area contributed by atoms with Crippen molar-refractivity contribution < 1.29 is 55.1 Å². The number of benzene rings is 1. The molecule has 11 nitrogen and oxygen atoms in total. The molecule has 16 rings (SSSR count). The summed E-state index contributed by atoms with van der Waals surface area (Å²) in [6.45, 7) is 49.2. The zero-order chi connectivity index (χ0) is 79.4. The van der Waals surface area contributed by atoms with Crippen molar-refractivity contribution >= 4 is 0 Å². The highest BCUT2D eigenvalue weighted by atomic mass is 16.5. The maximum atomic E-state index is 11.1. The van der Waals surface area contributed by atoms with Gasteiger partial charge in [0.1, 0.15) is 0 Å². The number of aliphatic hydroxyl groups is 8. The largest absolute Gasteiger partial charge is 0.396 e. The van der Waals surface area contributed by atoms with Crippen molar-refractivity contribution in [3.8, 4) is 0 Å². The molecule has 11 heteroatoms. The average molecular weight is 1530 g/mol. The van der Waals surface area contributed by atoms with E-state index in [1.54, 1.807) is 0 Å². The smallest absolute Gasteiger partial charge is 0.0717 e. The third kappa shape index (κ3) is 11.9. The zero-order valence-electron chi connectivity index (χ0n) is 72.3. The van der Waals surface area contributed by atoms with Gasteiger partial charge in [0.25, 0.3) is 0 Å². The molecule has 0 bridgehead atoms. The topological polar surface area (TPSA) is 190 Å². The minimum absolute atomic E-state index is 0.0796. The number of methoxy groups -OCH3 is 2. The quantitative estimate of drug-likeness (QED) is 0.0736. The summed E-state index contributed by atoms with van der Waals surface area (Å²) in [5.41, 5.74) is 6.46.